The van der Waals surface area contributed by atoms with Crippen molar-refractivity contribution < 1.29 is 9.53 Å². The number of carbonyl (C=O) groups excluding carboxylic acids is 1. The average Bonchev–Trinajstić information content (AvgIpc) is 2.55. The van der Waals surface area contributed by atoms with Crippen LogP contribution in [0.15, 0.2) is 16.9 Å². The summed E-state index contributed by atoms with van der Waals surface area (Å²) in [5.41, 5.74) is 0.826. The topological polar surface area (TPSA) is 41.9 Å². The first-order valence-corrected chi connectivity index (χ1v) is 4.39. The van der Waals surface area contributed by atoms with E-state index in [1.165, 1.54) is 6.08 Å². The molecule has 0 amide bonds. The van der Waals surface area contributed by atoms with Crippen molar-refractivity contribution in [3.63, 3.8) is 0 Å². The molecule has 0 aromatic rings. The van der Waals surface area contributed by atoms with Crippen LogP contribution in [0.4, 0.5) is 0 Å². The highest BCUT2D eigenvalue weighted by Crippen LogP contribution is 2.08. The number of hydrogen-bond donors (Lipinski definition) is 0. The van der Waals surface area contributed by atoms with Crippen LogP contribution in [-0.4, -0.2) is 30.3 Å². The quantitative estimate of drug-likeness (QED) is 0.485. The molecule has 72 valence electrons. The molecule has 0 atom stereocenters. The molecule has 0 fully saturated rings. The zero-order valence-corrected chi connectivity index (χ0v) is 7.99. The Morgan fingerprint density at radius 1 is 1.77 bits per heavy atom. The Morgan fingerprint density at radius 2 is 2.54 bits per heavy atom. The number of rotatable bonds is 3. The number of allylic oxidation sites excluding steroid dienone is 1. The third kappa shape index (κ3) is 2.89. The largest absolute Gasteiger partial charge is 0.463 e. The summed E-state index contributed by atoms with van der Waals surface area (Å²) < 4.78 is 4.78. The molecule has 0 bridgehead atoms. The van der Waals surface area contributed by atoms with Gasteiger partial charge in [-0.05, 0) is 13.8 Å². The summed E-state index contributed by atoms with van der Waals surface area (Å²) in [4.78, 5) is 11.0. The Balaban J connectivity index is 2.49. The van der Waals surface area contributed by atoms with Crippen LogP contribution in [0.5, 0.6) is 0 Å². The summed E-state index contributed by atoms with van der Waals surface area (Å²) in [5, 5.41) is 5.87. The number of hydrogen-bond acceptors (Lipinski definition) is 4. The Bertz CT molecular complexity index is 246. The van der Waals surface area contributed by atoms with E-state index in [9.17, 15) is 4.79 Å². The first kappa shape index (κ1) is 9.77. The summed E-state index contributed by atoms with van der Waals surface area (Å²) in [5.74, 6) is -0.304. The average molecular weight is 182 g/mol. The molecule has 0 unspecified atom stereocenters. The summed E-state index contributed by atoms with van der Waals surface area (Å²) in [6.07, 6.45) is 4.24. The molecule has 0 saturated heterocycles. The first-order valence-electron chi connectivity index (χ1n) is 4.39. The predicted molar refractivity (Wildman–Crippen MR) is 50.2 cm³/mol. The Labute approximate surface area is 77.9 Å². The number of nitrogens with zero attached hydrogens (tertiary/aromatic N) is 2. The molecule has 1 aliphatic rings. The predicted octanol–water partition coefficient (Wildman–Crippen LogP) is 1.14. The van der Waals surface area contributed by atoms with Crippen LogP contribution in [0, 0.1) is 0 Å². The fourth-order valence-electron chi connectivity index (χ4n) is 1.09. The van der Waals surface area contributed by atoms with Crippen LogP contribution in [0.25, 0.3) is 0 Å². The van der Waals surface area contributed by atoms with Gasteiger partial charge in [-0.25, -0.2) is 4.79 Å². The molecular formula is C9H14N2O2. The minimum atomic E-state index is -0.304. The van der Waals surface area contributed by atoms with Gasteiger partial charge in [0.2, 0.25) is 0 Å². The van der Waals surface area contributed by atoms with E-state index in [0.29, 0.717) is 6.61 Å². The molecule has 4 nitrogen and oxygen atoms in total. The maximum atomic E-state index is 11.0. The van der Waals surface area contributed by atoms with Gasteiger partial charge in [-0.15, -0.1) is 0 Å². The maximum absolute atomic E-state index is 11.0. The highest BCUT2D eigenvalue weighted by atomic mass is 16.5. The van der Waals surface area contributed by atoms with Crippen LogP contribution in [-0.2, 0) is 9.53 Å². The van der Waals surface area contributed by atoms with E-state index < -0.39 is 0 Å². The van der Waals surface area contributed by atoms with Gasteiger partial charge in [0, 0.05) is 31.0 Å². The Hall–Kier alpha value is -1.32. The van der Waals surface area contributed by atoms with Crippen LogP contribution in [0.2, 0.25) is 0 Å². The molecule has 0 aromatic carbocycles. The number of esters is 1. The van der Waals surface area contributed by atoms with Gasteiger partial charge < -0.3 is 4.74 Å². The van der Waals surface area contributed by atoms with E-state index in [1.807, 2.05) is 13.1 Å². The third-order valence-electron chi connectivity index (χ3n) is 1.71. The Morgan fingerprint density at radius 3 is 3.08 bits per heavy atom. The second-order valence-corrected chi connectivity index (χ2v) is 2.75. The lowest BCUT2D eigenvalue weighted by molar-refractivity contribution is -0.137. The third-order valence-corrected chi connectivity index (χ3v) is 1.71. The molecule has 13 heavy (non-hydrogen) atoms. The molecule has 1 aliphatic heterocycles. The standard InChI is InChI=1S/C9H14N2O2/c1-3-13-9(12)7-8(2)11-6-4-5-10-11/h5,7H,3-4,6H2,1-2H3. The van der Waals surface area contributed by atoms with Crippen molar-refractivity contribution in [3.8, 4) is 0 Å². The van der Waals surface area contributed by atoms with Crippen molar-refractivity contribution in [1.29, 1.82) is 0 Å². The lowest BCUT2D eigenvalue weighted by Crippen LogP contribution is -2.13. The van der Waals surface area contributed by atoms with Crippen LogP contribution >= 0.6 is 0 Å². The monoisotopic (exact) mass is 182 g/mol. The fourth-order valence-corrected chi connectivity index (χ4v) is 1.09. The molecular weight excluding hydrogens is 168 g/mol. The van der Waals surface area contributed by atoms with Crippen molar-refractivity contribution in [2.24, 2.45) is 5.10 Å². The van der Waals surface area contributed by atoms with Crippen molar-refractivity contribution in [2.75, 3.05) is 13.2 Å². The van der Waals surface area contributed by atoms with Gasteiger partial charge in [-0.2, -0.15) is 5.10 Å². The van der Waals surface area contributed by atoms with Crippen LogP contribution < -0.4 is 0 Å². The molecule has 0 spiro atoms. The van der Waals surface area contributed by atoms with E-state index in [0.717, 1.165) is 18.7 Å². The summed E-state index contributed by atoms with van der Waals surface area (Å²) in [6.45, 7) is 4.89. The minimum absolute atomic E-state index is 0.304. The zero-order valence-electron chi connectivity index (χ0n) is 7.99. The van der Waals surface area contributed by atoms with Crippen molar-refractivity contribution in [1.82, 2.24) is 5.01 Å². The molecule has 0 N–H and O–H groups in total. The summed E-state index contributed by atoms with van der Waals surface area (Å²) >= 11 is 0. The summed E-state index contributed by atoms with van der Waals surface area (Å²) in [6, 6.07) is 0. The minimum Gasteiger partial charge on any atom is -0.463 e. The lowest BCUT2D eigenvalue weighted by atomic mass is 10.4. The molecule has 0 saturated carbocycles. The van der Waals surface area contributed by atoms with Gasteiger partial charge >= 0.3 is 5.97 Å². The summed E-state index contributed by atoms with van der Waals surface area (Å²) in [7, 11) is 0. The molecule has 1 heterocycles. The van der Waals surface area contributed by atoms with Crippen LogP contribution in [0.3, 0.4) is 0 Å². The second kappa shape index (κ2) is 4.64. The van der Waals surface area contributed by atoms with Crippen LogP contribution in [0.1, 0.15) is 20.3 Å². The van der Waals surface area contributed by atoms with E-state index in [4.69, 9.17) is 4.74 Å². The SMILES string of the molecule is CCOC(=O)C=C(C)N1CCC=N1. The van der Waals surface area contributed by atoms with Gasteiger partial charge in [-0.3, -0.25) is 5.01 Å². The number of hydrazone groups is 1. The number of ether oxygens (including phenoxy) is 1. The van der Waals surface area contributed by atoms with Gasteiger partial charge in [0.25, 0.3) is 0 Å². The van der Waals surface area contributed by atoms with E-state index in [1.54, 1.807) is 11.9 Å². The Kier molecular flexibility index (Phi) is 3.49. The van der Waals surface area contributed by atoms with Gasteiger partial charge in [0.05, 0.1) is 6.61 Å². The van der Waals surface area contributed by atoms with Crippen molar-refractivity contribution >= 4 is 12.2 Å². The normalized spacial score (nSPS) is 16.5. The van der Waals surface area contributed by atoms with E-state index in [-0.39, 0.29) is 5.97 Å². The van der Waals surface area contributed by atoms with E-state index >= 15 is 0 Å². The van der Waals surface area contributed by atoms with Gasteiger partial charge in [0.15, 0.2) is 0 Å². The molecule has 1 rings (SSSR count). The lowest BCUT2D eigenvalue weighted by Gasteiger charge is -2.13. The van der Waals surface area contributed by atoms with Gasteiger partial charge in [-0.1, -0.05) is 0 Å². The van der Waals surface area contributed by atoms with Crippen molar-refractivity contribution in [2.45, 2.75) is 20.3 Å². The number of carbonyl (C=O) groups is 1. The first-order chi connectivity index (χ1) is 6.24. The van der Waals surface area contributed by atoms with Crippen molar-refractivity contribution in [3.05, 3.63) is 11.8 Å². The molecule has 4 heteroatoms. The highest BCUT2D eigenvalue weighted by molar-refractivity contribution is 5.82. The highest BCUT2D eigenvalue weighted by Gasteiger charge is 2.08. The maximum Gasteiger partial charge on any atom is 0.332 e. The zero-order chi connectivity index (χ0) is 9.68. The van der Waals surface area contributed by atoms with E-state index in [2.05, 4.69) is 5.10 Å². The molecule has 0 radical (unpaired) electrons. The molecule has 0 aliphatic carbocycles. The second-order valence-electron chi connectivity index (χ2n) is 2.75. The molecule has 0 aromatic heterocycles. The van der Waals surface area contributed by atoms with Gasteiger partial charge in [0.1, 0.15) is 0 Å². The smallest absolute Gasteiger partial charge is 0.332 e. The fraction of sp³-hybridized carbons (Fsp3) is 0.556.